The number of aliphatic hydroxyl groups is 1. The van der Waals surface area contributed by atoms with Crippen molar-refractivity contribution >= 4 is 26.8 Å². The highest BCUT2D eigenvalue weighted by molar-refractivity contribution is 9.10. The number of aliphatic hydroxyl groups excluding tert-OH is 1. The van der Waals surface area contributed by atoms with E-state index in [1.165, 1.54) is 0 Å². The van der Waals surface area contributed by atoms with E-state index in [0.717, 1.165) is 15.4 Å². The van der Waals surface area contributed by atoms with Gasteiger partial charge in [-0.3, -0.25) is 0 Å². The number of hydrogen-bond donors (Lipinski definition) is 1. The molecule has 0 saturated carbocycles. The van der Waals surface area contributed by atoms with E-state index < -0.39 is 6.10 Å². The Hall–Kier alpha value is -1.79. The molecule has 0 radical (unpaired) electrons. The number of hydrogen-bond acceptors (Lipinski definition) is 4. The molecule has 3 aromatic rings. The first-order valence-corrected chi connectivity index (χ1v) is 6.59. The minimum Gasteiger partial charge on any atom is -0.387 e. The van der Waals surface area contributed by atoms with Crippen molar-refractivity contribution in [2.24, 2.45) is 0 Å². The van der Waals surface area contributed by atoms with Crippen LogP contribution < -0.4 is 0 Å². The summed E-state index contributed by atoms with van der Waals surface area (Å²) in [6.45, 7) is 1.67. The van der Waals surface area contributed by atoms with Crippen molar-refractivity contribution in [3.05, 3.63) is 46.8 Å². The maximum Gasteiger partial charge on any atom is 0.251 e. The van der Waals surface area contributed by atoms with Crippen LogP contribution in [-0.4, -0.2) is 24.9 Å². The van der Waals surface area contributed by atoms with Gasteiger partial charge in [0.15, 0.2) is 0 Å². The standard InChI is InChI=1S/C13H11BrN4O/c1-8(19)11-4-5-15-13(17-11)18-12-6-10(14)3-2-9(12)7-16-18/h2-8,19H,1H3. The molecule has 1 atom stereocenters. The summed E-state index contributed by atoms with van der Waals surface area (Å²) in [4.78, 5) is 8.53. The van der Waals surface area contributed by atoms with Crippen molar-refractivity contribution in [1.82, 2.24) is 19.7 Å². The number of nitrogens with zero attached hydrogens (tertiary/aromatic N) is 4. The lowest BCUT2D eigenvalue weighted by Gasteiger charge is -2.06. The van der Waals surface area contributed by atoms with Gasteiger partial charge in [-0.1, -0.05) is 22.0 Å². The Morgan fingerprint density at radius 3 is 2.95 bits per heavy atom. The molecular formula is C13H11BrN4O. The molecule has 1 aromatic carbocycles. The lowest BCUT2D eigenvalue weighted by atomic mass is 10.2. The molecule has 1 unspecified atom stereocenters. The molecule has 0 fully saturated rings. The molecule has 2 heterocycles. The Kier molecular flexibility index (Phi) is 3.04. The highest BCUT2D eigenvalue weighted by atomic mass is 79.9. The SMILES string of the molecule is CC(O)c1ccnc(-n2ncc3ccc(Br)cc32)n1. The first-order chi connectivity index (χ1) is 9.15. The normalized spacial score (nSPS) is 12.8. The minimum atomic E-state index is -0.629. The second-order valence-corrected chi connectivity index (χ2v) is 5.13. The minimum absolute atomic E-state index is 0.450. The van der Waals surface area contributed by atoms with Gasteiger partial charge in [0.2, 0.25) is 0 Å². The third-order valence-electron chi connectivity index (χ3n) is 2.81. The van der Waals surface area contributed by atoms with Gasteiger partial charge in [-0.2, -0.15) is 9.78 Å². The number of halogens is 1. The second kappa shape index (κ2) is 4.71. The average molecular weight is 319 g/mol. The van der Waals surface area contributed by atoms with Gasteiger partial charge in [0.25, 0.3) is 5.95 Å². The summed E-state index contributed by atoms with van der Waals surface area (Å²) in [5.41, 5.74) is 1.49. The van der Waals surface area contributed by atoms with E-state index in [4.69, 9.17) is 0 Å². The summed E-state index contributed by atoms with van der Waals surface area (Å²) in [7, 11) is 0. The predicted octanol–water partition coefficient (Wildman–Crippen LogP) is 2.63. The summed E-state index contributed by atoms with van der Waals surface area (Å²) in [6.07, 6.45) is 2.76. The molecule has 1 N–H and O–H groups in total. The molecule has 0 spiro atoms. The number of fused-ring (bicyclic) bond motifs is 1. The van der Waals surface area contributed by atoms with E-state index in [1.807, 2.05) is 18.2 Å². The quantitative estimate of drug-likeness (QED) is 0.789. The molecule has 6 heteroatoms. The maximum absolute atomic E-state index is 9.58. The van der Waals surface area contributed by atoms with Crippen molar-refractivity contribution in [3.8, 4) is 5.95 Å². The van der Waals surface area contributed by atoms with E-state index in [0.29, 0.717) is 11.6 Å². The average Bonchev–Trinajstić information content (AvgIpc) is 2.81. The predicted molar refractivity (Wildman–Crippen MR) is 75.0 cm³/mol. The van der Waals surface area contributed by atoms with Crippen molar-refractivity contribution in [1.29, 1.82) is 0 Å². The van der Waals surface area contributed by atoms with Crippen molar-refractivity contribution in [2.75, 3.05) is 0 Å². The third kappa shape index (κ3) is 2.24. The maximum atomic E-state index is 9.58. The van der Waals surface area contributed by atoms with Crippen LogP contribution in [0, 0.1) is 0 Å². The fourth-order valence-corrected chi connectivity index (χ4v) is 2.20. The molecule has 0 bridgehead atoms. The van der Waals surface area contributed by atoms with Crippen LogP contribution in [0.3, 0.4) is 0 Å². The highest BCUT2D eigenvalue weighted by Gasteiger charge is 2.10. The fourth-order valence-electron chi connectivity index (χ4n) is 1.85. The van der Waals surface area contributed by atoms with Gasteiger partial charge >= 0.3 is 0 Å². The summed E-state index contributed by atoms with van der Waals surface area (Å²) in [5.74, 6) is 0.450. The molecule has 0 aliphatic carbocycles. The smallest absolute Gasteiger partial charge is 0.251 e. The zero-order valence-electron chi connectivity index (χ0n) is 10.2. The molecule has 0 saturated heterocycles. The fraction of sp³-hybridized carbons (Fsp3) is 0.154. The van der Waals surface area contributed by atoms with Gasteiger partial charge in [-0.25, -0.2) is 9.97 Å². The van der Waals surface area contributed by atoms with Crippen molar-refractivity contribution < 1.29 is 5.11 Å². The summed E-state index contributed by atoms with van der Waals surface area (Å²) in [6, 6.07) is 7.58. The molecule has 96 valence electrons. The molecule has 0 amide bonds. The zero-order valence-corrected chi connectivity index (χ0v) is 11.7. The molecule has 19 heavy (non-hydrogen) atoms. The topological polar surface area (TPSA) is 63.8 Å². The van der Waals surface area contributed by atoms with E-state index in [2.05, 4.69) is 31.0 Å². The van der Waals surface area contributed by atoms with Crippen molar-refractivity contribution in [3.63, 3.8) is 0 Å². The van der Waals surface area contributed by atoms with Gasteiger partial charge in [0.05, 0.1) is 23.5 Å². The molecule has 3 rings (SSSR count). The number of benzene rings is 1. The molecule has 0 aliphatic rings. The largest absolute Gasteiger partial charge is 0.387 e. The first kappa shape index (κ1) is 12.3. The van der Waals surface area contributed by atoms with Crippen LogP contribution >= 0.6 is 15.9 Å². The van der Waals surface area contributed by atoms with Crippen LogP contribution in [0.2, 0.25) is 0 Å². The van der Waals surface area contributed by atoms with Crippen LogP contribution in [0.25, 0.3) is 16.9 Å². The number of aromatic nitrogens is 4. The monoisotopic (exact) mass is 318 g/mol. The Morgan fingerprint density at radius 1 is 1.32 bits per heavy atom. The number of rotatable bonds is 2. The van der Waals surface area contributed by atoms with Gasteiger partial charge in [0, 0.05) is 16.1 Å². The summed E-state index contributed by atoms with van der Waals surface area (Å²) < 4.78 is 2.62. The summed E-state index contributed by atoms with van der Waals surface area (Å²) >= 11 is 3.44. The van der Waals surface area contributed by atoms with Crippen LogP contribution in [0.5, 0.6) is 0 Å². The van der Waals surface area contributed by atoms with Crippen LogP contribution in [-0.2, 0) is 0 Å². The molecule has 5 nitrogen and oxygen atoms in total. The second-order valence-electron chi connectivity index (χ2n) is 4.22. The van der Waals surface area contributed by atoms with Crippen LogP contribution in [0.1, 0.15) is 18.7 Å². The third-order valence-corrected chi connectivity index (χ3v) is 3.31. The Bertz CT molecular complexity index is 738. The Balaban J connectivity index is 2.18. The zero-order chi connectivity index (χ0) is 13.4. The van der Waals surface area contributed by atoms with E-state index in [1.54, 1.807) is 30.1 Å². The van der Waals surface area contributed by atoms with Crippen LogP contribution in [0.4, 0.5) is 0 Å². The van der Waals surface area contributed by atoms with E-state index >= 15 is 0 Å². The van der Waals surface area contributed by atoms with E-state index in [9.17, 15) is 5.11 Å². The Labute approximate surface area is 118 Å². The summed E-state index contributed by atoms with van der Waals surface area (Å²) in [5, 5.41) is 14.9. The van der Waals surface area contributed by atoms with Gasteiger partial charge < -0.3 is 5.11 Å². The Morgan fingerprint density at radius 2 is 2.16 bits per heavy atom. The lowest BCUT2D eigenvalue weighted by Crippen LogP contribution is -2.06. The molecule has 0 aliphatic heterocycles. The van der Waals surface area contributed by atoms with Crippen LogP contribution in [0.15, 0.2) is 41.1 Å². The van der Waals surface area contributed by atoms with E-state index in [-0.39, 0.29) is 0 Å². The van der Waals surface area contributed by atoms with Crippen molar-refractivity contribution in [2.45, 2.75) is 13.0 Å². The molecular weight excluding hydrogens is 308 g/mol. The van der Waals surface area contributed by atoms with Gasteiger partial charge in [-0.15, -0.1) is 0 Å². The van der Waals surface area contributed by atoms with Gasteiger partial charge in [-0.05, 0) is 25.1 Å². The lowest BCUT2D eigenvalue weighted by molar-refractivity contribution is 0.194. The molecule has 2 aromatic heterocycles. The highest BCUT2D eigenvalue weighted by Crippen LogP contribution is 2.21. The van der Waals surface area contributed by atoms with Gasteiger partial charge in [0.1, 0.15) is 0 Å². The first-order valence-electron chi connectivity index (χ1n) is 5.80.